The second kappa shape index (κ2) is 3.51. The molecule has 0 N–H and O–H groups in total. The van der Waals surface area contributed by atoms with Crippen molar-refractivity contribution in [3.63, 3.8) is 0 Å². The fraction of sp³-hybridized carbons (Fsp3) is 0.600. The van der Waals surface area contributed by atoms with Crippen molar-refractivity contribution >= 4 is 24.8 Å². The summed E-state index contributed by atoms with van der Waals surface area (Å²) in [6, 6.07) is 0. The summed E-state index contributed by atoms with van der Waals surface area (Å²) in [6.07, 6.45) is 8.00. The molecule has 0 fully saturated rings. The first-order valence-electron chi connectivity index (χ1n) is 4.47. The number of rotatable bonds is 1. The van der Waals surface area contributed by atoms with E-state index in [0.717, 1.165) is 0 Å². The Bertz CT molecular complexity index is 240. The van der Waals surface area contributed by atoms with Crippen molar-refractivity contribution < 1.29 is 17.3 Å². The molecule has 0 atom stereocenters. The fourth-order valence-corrected chi connectivity index (χ4v) is 6.46. The van der Waals surface area contributed by atoms with Gasteiger partial charge < -0.3 is 0 Å². The van der Waals surface area contributed by atoms with Crippen LogP contribution in [0.1, 0.15) is 6.42 Å². The molecule has 0 nitrogen and oxygen atoms in total. The predicted octanol–water partition coefficient (Wildman–Crippen LogP) is 5.14. The van der Waals surface area contributed by atoms with Gasteiger partial charge in [0.15, 0.2) is 0 Å². The molecule has 0 saturated carbocycles. The van der Waals surface area contributed by atoms with Crippen molar-refractivity contribution in [1.82, 2.24) is 0 Å². The topological polar surface area (TPSA) is 0 Å². The molecule has 0 radical (unpaired) electrons. The second-order valence-electron chi connectivity index (χ2n) is 7.57. The minimum absolute atomic E-state index is 0. The van der Waals surface area contributed by atoms with Crippen LogP contribution in [-0.2, 0) is 17.3 Å². The van der Waals surface area contributed by atoms with Crippen LogP contribution in [0.2, 0.25) is 23.2 Å². The summed E-state index contributed by atoms with van der Waals surface area (Å²) in [7, 11) is 0. The van der Waals surface area contributed by atoms with Gasteiger partial charge in [-0.2, -0.15) is 0 Å². The van der Waals surface area contributed by atoms with Crippen molar-refractivity contribution in [3.8, 4) is 0 Å². The molecule has 0 amide bonds. The normalized spacial score (nSPS) is 20.5. The Morgan fingerprint density at radius 2 is 1.46 bits per heavy atom. The molecule has 80 valence electrons. The Morgan fingerprint density at radius 3 is 1.62 bits per heavy atom. The molecule has 1 aliphatic carbocycles. The van der Waals surface area contributed by atoms with Crippen LogP contribution < -0.4 is 0 Å². The van der Waals surface area contributed by atoms with E-state index in [4.69, 9.17) is 0 Å². The Kier molecular flexibility index (Phi) is 4.42. The van der Waals surface area contributed by atoms with Crippen molar-refractivity contribution in [3.05, 3.63) is 21.5 Å². The molecule has 0 aliphatic heterocycles. The third kappa shape index (κ3) is 4.81. The van der Waals surface area contributed by atoms with Gasteiger partial charge in [0.1, 0.15) is 0 Å². The van der Waals surface area contributed by atoms with Crippen LogP contribution in [0.5, 0.6) is 0 Å². The van der Waals surface area contributed by atoms with Crippen LogP contribution in [0.4, 0.5) is 0 Å². The first-order valence-corrected chi connectivity index (χ1v) is 18.0. The number of hydrogen-bond donors (Lipinski definition) is 0. The van der Waals surface area contributed by atoms with Crippen LogP contribution in [0, 0.1) is 0 Å². The summed E-state index contributed by atoms with van der Waals surface area (Å²) < 4.78 is 14.2. The molecule has 3 heteroatoms. The molecule has 0 heterocycles. The van der Waals surface area contributed by atoms with Gasteiger partial charge in [-0.25, -0.2) is 0 Å². The number of halogens is 2. The van der Waals surface area contributed by atoms with E-state index >= 15 is 0 Å². The zero-order valence-electron chi connectivity index (χ0n) is 9.26. The van der Waals surface area contributed by atoms with Crippen LogP contribution in [-0.4, -0.2) is 0 Å². The molecule has 13 heavy (non-hydrogen) atoms. The summed E-state index contributed by atoms with van der Waals surface area (Å²) in [5, 5.41) is 0. The van der Waals surface area contributed by atoms with Gasteiger partial charge in [-0.3, -0.25) is 0 Å². The summed E-state index contributed by atoms with van der Waals surface area (Å²) in [5.41, 5.74) is 0. The third-order valence-electron chi connectivity index (χ3n) is 2.38. The Balaban J connectivity index is 0. The van der Waals surface area contributed by atoms with E-state index in [1.54, 1.807) is 3.28 Å². The zero-order valence-corrected chi connectivity index (χ0v) is 13.3. The van der Waals surface area contributed by atoms with Crippen LogP contribution in [0.25, 0.3) is 0 Å². The summed E-state index contributed by atoms with van der Waals surface area (Å²) in [4.78, 5) is 0. The van der Waals surface area contributed by atoms with Crippen molar-refractivity contribution in [2.24, 2.45) is 0 Å². The second-order valence-corrected chi connectivity index (χ2v) is 39.9. The van der Waals surface area contributed by atoms with Gasteiger partial charge >= 0.3 is 68.4 Å². The van der Waals surface area contributed by atoms with Gasteiger partial charge in [0.25, 0.3) is 0 Å². The molecule has 0 saturated heterocycles. The molecule has 0 unspecified atom stereocenters. The van der Waals surface area contributed by atoms with Crippen LogP contribution in [0.15, 0.2) is 21.5 Å². The average Bonchev–Trinajstić information content (AvgIpc) is 2.01. The standard InChI is InChI=1S/C5H5.5CH3.2ClH.Zr/c1-2-4-5-3-1;;;;;;;;/h1-3H,4H2;5*1H3;2*1H;. The molecule has 1 rings (SSSR count). The van der Waals surface area contributed by atoms with Gasteiger partial charge in [-0.15, -0.1) is 24.8 Å². The van der Waals surface area contributed by atoms with Gasteiger partial charge in [-0.1, -0.05) is 0 Å². The van der Waals surface area contributed by atoms with E-state index in [0.29, 0.717) is 0 Å². The van der Waals surface area contributed by atoms with Gasteiger partial charge in [0.05, 0.1) is 0 Å². The van der Waals surface area contributed by atoms with Gasteiger partial charge in [-0.05, 0) is 0 Å². The van der Waals surface area contributed by atoms with Crippen molar-refractivity contribution in [2.75, 3.05) is 0 Å². The molecule has 0 aromatic carbocycles. The zero-order chi connectivity index (χ0) is 8.81. The molecule has 0 spiro atoms. The Hall–Kier alpha value is 0.943. The van der Waals surface area contributed by atoms with Crippen molar-refractivity contribution in [1.29, 1.82) is 0 Å². The Morgan fingerprint density at radius 1 is 1.00 bits per heavy atom. The molecule has 1 aliphatic rings. The van der Waals surface area contributed by atoms with Gasteiger partial charge in [0.2, 0.25) is 0 Å². The molecule has 0 bridgehead atoms. The van der Waals surface area contributed by atoms with E-state index in [1.807, 2.05) is 0 Å². The number of allylic oxidation sites excluding steroid dienone is 4. The average molecular weight is 304 g/mol. The molecular weight excluding hydrogens is 282 g/mol. The Labute approximate surface area is 92.5 Å². The van der Waals surface area contributed by atoms with E-state index in [-0.39, 0.29) is 24.8 Å². The van der Waals surface area contributed by atoms with E-state index < -0.39 is 17.3 Å². The third-order valence-corrected chi connectivity index (χ3v) is 11.2. The molecular formula is C10H22Cl2Zr. The monoisotopic (exact) mass is 302 g/mol. The minimum atomic E-state index is -2.78. The number of hydrogen-bond acceptors (Lipinski definition) is 0. The van der Waals surface area contributed by atoms with E-state index in [9.17, 15) is 0 Å². The first kappa shape index (κ1) is 16.4. The fourth-order valence-electron chi connectivity index (χ4n) is 1.37. The molecule has 0 aromatic heterocycles. The van der Waals surface area contributed by atoms with Gasteiger partial charge in [0, 0.05) is 0 Å². The van der Waals surface area contributed by atoms with Crippen molar-refractivity contribution in [2.45, 2.75) is 29.6 Å². The SMILES string of the molecule is Cl.Cl.[CH3][Zr]([CH3])([CH3])([CH3])([CH3])[C]1=CC=CC1. The molecule has 0 aromatic rings. The summed E-state index contributed by atoms with van der Waals surface area (Å²) >= 11 is -2.78. The maximum absolute atomic E-state index is 2.78. The van der Waals surface area contributed by atoms with E-state index in [2.05, 4.69) is 41.4 Å². The maximum atomic E-state index is 2.50. The van der Waals surface area contributed by atoms with Crippen LogP contribution in [0.3, 0.4) is 0 Å². The van der Waals surface area contributed by atoms with E-state index in [1.165, 1.54) is 6.42 Å². The predicted molar refractivity (Wildman–Crippen MR) is 65.7 cm³/mol. The van der Waals surface area contributed by atoms with Crippen LogP contribution >= 0.6 is 24.8 Å². The summed E-state index contributed by atoms with van der Waals surface area (Å²) in [6.45, 7) is 0. The quantitative estimate of drug-likeness (QED) is 0.629. The first-order chi connectivity index (χ1) is 4.59. The summed E-state index contributed by atoms with van der Waals surface area (Å²) in [5.74, 6) is 0.